The lowest BCUT2D eigenvalue weighted by Crippen LogP contribution is -2.14. The normalized spacial score (nSPS) is 32.2. The minimum Gasteiger partial charge on any atom is -0.330 e. The van der Waals surface area contributed by atoms with Crippen molar-refractivity contribution in [3.05, 3.63) is 0 Å². The zero-order valence-electron chi connectivity index (χ0n) is 6.08. The van der Waals surface area contributed by atoms with E-state index in [2.05, 4.69) is 0 Å². The third kappa shape index (κ3) is 1.32. The van der Waals surface area contributed by atoms with E-state index in [-0.39, 0.29) is 16.9 Å². The Labute approximate surface area is 61.5 Å². The van der Waals surface area contributed by atoms with Crippen molar-refractivity contribution in [3.8, 4) is 0 Å². The first kappa shape index (κ1) is 8.01. The van der Waals surface area contributed by atoms with E-state index in [9.17, 15) is 8.42 Å². The molecule has 1 saturated carbocycles. The Bertz CT molecular complexity index is 210. The van der Waals surface area contributed by atoms with Crippen molar-refractivity contribution >= 4 is 9.84 Å². The van der Waals surface area contributed by atoms with Gasteiger partial charge in [-0.15, -0.1) is 0 Å². The van der Waals surface area contributed by atoms with Gasteiger partial charge in [0.1, 0.15) is 0 Å². The maximum absolute atomic E-state index is 11.1. The van der Waals surface area contributed by atoms with E-state index in [1.807, 2.05) is 0 Å². The van der Waals surface area contributed by atoms with E-state index in [4.69, 9.17) is 5.73 Å². The van der Waals surface area contributed by atoms with Gasteiger partial charge < -0.3 is 5.73 Å². The lowest BCUT2D eigenvalue weighted by molar-refractivity contribution is 0.593. The second-order valence-corrected chi connectivity index (χ2v) is 5.23. The van der Waals surface area contributed by atoms with Crippen LogP contribution in [-0.2, 0) is 9.84 Å². The van der Waals surface area contributed by atoms with E-state index >= 15 is 0 Å². The molecule has 10 heavy (non-hydrogen) atoms. The molecule has 0 spiro atoms. The van der Waals surface area contributed by atoms with Gasteiger partial charge in [-0.1, -0.05) is 6.92 Å². The molecule has 60 valence electrons. The van der Waals surface area contributed by atoms with E-state index < -0.39 is 9.84 Å². The average molecular weight is 163 g/mol. The van der Waals surface area contributed by atoms with Gasteiger partial charge in [-0.2, -0.15) is 0 Å². The van der Waals surface area contributed by atoms with Gasteiger partial charge in [-0.3, -0.25) is 0 Å². The zero-order chi connectivity index (χ0) is 7.78. The minimum atomic E-state index is -2.77. The van der Waals surface area contributed by atoms with Crippen LogP contribution in [0.3, 0.4) is 0 Å². The molecule has 0 aliphatic heterocycles. The fourth-order valence-electron chi connectivity index (χ4n) is 1.12. The summed E-state index contributed by atoms with van der Waals surface area (Å²) in [6.45, 7) is 2.20. The highest BCUT2D eigenvalue weighted by Gasteiger charge is 2.44. The molecular formula is C6H13NO2S. The van der Waals surface area contributed by atoms with Gasteiger partial charge in [0, 0.05) is 5.75 Å². The van der Waals surface area contributed by atoms with Crippen molar-refractivity contribution < 1.29 is 8.42 Å². The molecule has 0 bridgehead atoms. The Morgan fingerprint density at radius 1 is 1.60 bits per heavy atom. The molecule has 1 rings (SSSR count). The number of nitrogens with two attached hydrogens (primary N) is 1. The van der Waals surface area contributed by atoms with Crippen LogP contribution in [0.4, 0.5) is 0 Å². The average Bonchev–Trinajstić information content (AvgIpc) is 2.66. The third-order valence-electron chi connectivity index (χ3n) is 2.02. The maximum atomic E-state index is 11.1. The van der Waals surface area contributed by atoms with E-state index in [0.717, 1.165) is 6.42 Å². The topological polar surface area (TPSA) is 60.2 Å². The summed E-state index contributed by atoms with van der Waals surface area (Å²) in [4.78, 5) is 0. The summed E-state index contributed by atoms with van der Waals surface area (Å²) in [5, 5.41) is -0.109. The van der Waals surface area contributed by atoms with Crippen LogP contribution in [0.5, 0.6) is 0 Å². The van der Waals surface area contributed by atoms with Crippen LogP contribution in [-0.4, -0.2) is 26.0 Å². The van der Waals surface area contributed by atoms with Crippen LogP contribution in [0, 0.1) is 5.92 Å². The predicted molar refractivity (Wildman–Crippen MR) is 40.4 cm³/mol. The maximum Gasteiger partial charge on any atom is 0.153 e. The largest absolute Gasteiger partial charge is 0.330 e. The van der Waals surface area contributed by atoms with Gasteiger partial charge >= 0.3 is 0 Å². The molecule has 2 N–H and O–H groups in total. The van der Waals surface area contributed by atoms with E-state index in [0.29, 0.717) is 6.54 Å². The Hall–Kier alpha value is -0.0900. The van der Waals surface area contributed by atoms with Gasteiger partial charge in [-0.25, -0.2) is 8.42 Å². The van der Waals surface area contributed by atoms with Crippen molar-refractivity contribution in [2.24, 2.45) is 11.7 Å². The zero-order valence-corrected chi connectivity index (χ0v) is 6.89. The number of hydrogen-bond donors (Lipinski definition) is 1. The number of rotatable bonds is 3. The summed E-state index contributed by atoms with van der Waals surface area (Å²) in [6.07, 6.45) is 0.784. The molecule has 1 fully saturated rings. The lowest BCUT2D eigenvalue weighted by Gasteiger charge is -1.96. The second-order valence-electron chi connectivity index (χ2n) is 2.72. The third-order valence-corrected chi connectivity index (χ3v) is 4.33. The van der Waals surface area contributed by atoms with Crippen LogP contribution >= 0.6 is 0 Å². The van der Waals surface area contributed by atoms with Crippen molar-refractivity contribution in [3.63, 3.8) is 0 Å². The van der Waals surface area contributed by atoms with E-state index in [1.54, 1.807) is 6.92 Å². The first-order chi connectivity index (χ1) is 4.61. The van der Waals surface area contributed by atoms with Gasteiger partial charge in [0.25, 0.3) is 0 Å². The Morgan fingerprint density at radius 2 is 2.20 bits per heavy atom. The van der Waals surface area contributed by atoms with Gasteiger partial charge in [0.15, 0.2) is 9.84 Å². The molecule has 3 nitrogen and oxygen atoms in total. The standard InChI is InChI=1S/C6H13NO2S/c1-2-10(8,9)6-3-5(6)4-7/h5-6H,2-4,7H2,1H3/t5-,6+/m0/s1. The molecule has 1 aliphatic carbocycles. The second kappa shape index (κ2) is 2.51. The summed E-state index contributed by atoms with van der Waals surface area (Å²) < 4.78 is 22.2. The molecule has 2 atom stereocenters. The number of hydrogen-bond acceptors (Lipinski definition) is 3. The summed E-state index contributed by atoms with van der Waals surface area (Å²) >= 11 is 0. The molecular weight excluding hydrogens is 150 g/mol. The molecule has 0 saturated heterocycles. The summed E-state index contributed by atoms with van der Waals surface area (Å²) in [5.74, 6) is 0.513. The highest BCUT2D eigenvalue weighted by Crippen LogP contribution is 2.36. The highest BCUT2D eigenvalue weighted by atomic mass is 32.2. The molecule has 4 heteroatoms. The monoisotopic (exact) mass is 163 g/mol. The summed E-state index contributed by atoms with van der Waals surface area (Å²) in [6, 6.07) is 0. The summed E-state index contributed by atoms with van der Waals surface area (Å²) in [7, 11) is -2.77. The van der Waals surface area contributed by atoms with Crippen LogP contribution in [0.15, 0.2) is 0 Å². The smallest absolute Gasteiger partial charge is 0.153 e. The summed E-state index contributed by atoms with van der Waals surface area (Å²) in [5.41, 5.74) is 5.31. The molecule has 0 aromatic carbocycles. The quantitative estimate of drug-likeness (QED) is 0.625. The van der Waals surface area contributed by atoms with Crippen LogP contribution in [0.2, 0.25) is 0 Å². The SMILES string of the molecule is CCS(=O)(=O)[C@@H]1C[C@H]1CN. The van der Waals surface area contributed by atoms with Gasteiger partial charge in [0.2, 0.25) is 0 Å². The van der Waals surface area contributed by atoms with E-state index in [1.165, 1.54) is 0 Å². The van der Waals surface area contributed by atoms with Crippen molar-refractivity contribution in [1.29, 1.82) is 0 Å². The fraction of sp³-hybridized carbons (Fsp3) is 1.00. The molecule has 0 heterocycles. The Kier molecular flexibility index (Phi) is 2.01. The first-order valence-corrected chi connectivity index (χ1v) is 5.25. The molecule has 0 amide bonds. The highest BCUT2D eigenvalue weighted by molar-refractivity contribution is 7.92. The molecule has 0 aromatic rings. The van der Waals surface area contributed by atoms with Crippen molar-refractivity contribution in [2.45, 2.75) is 18.6 Å². The predicted octanol–water partition coefficient (Wildman–Crippen LogP) is -0.232. The molecule has 1 aliphatic rings. The molecule has 0 aromatic heterocycles. The Morgan fingerprint density at radius 3 is 2.50 bits per heavy atom. The van der Waals surface area contributed by atoms with Crippen LogP contribution < -0.4 is 5.73 Å². The first-order valence-electron chi connectivity index (χ1n) is 3.53. The minimum absolute atomic E-state index is 0.109. The number of sulfone groups is 1. The lowest BCUT2D eigenvalue weighted by atomic mass is 10.4. The molecule has 0 radical (unpaired) electrons. The van der Waals surface area contributed by atoms with Crippen LogP contribution in [0.1, 0.15) is 13.3 Å². The van der Waals surface area contributed by atoms with Crippen LogP contribution in [0.25, 0.3) is 0 Å². The van der Waals surface area contributed by atoms with Crippen molar-refractivity contribution in [2.75, 3.05) is 12.3 Å². The van der Waals surface area contributed by atoms with Gasteiger partial charge in [0.05, 0.1) is 5.25 Å². The fourth-order valence-corrected chi connectivity index (χ4v) is 2.79. The van der Waals surface area contributed by atoms with Crippen molar-refractivity contribution in [1.82, 2.24) is 0 Å². The molecule has 0 unspecified atom stereocenters. The van der Waals surface area contributed by atoms with Gasteiger partial charge in [-0.05, 0) is 18.9 Å². The Balaban J connectivity index is 2.55.